The Morgan fingerprint density at radius 3 is 2.42 bits per heavy atom. The molecule has 1 amide bonds. The lowest BCUT2D eigenvalue weighted by Crippen LogP contribution is -2.53. The lowest BCUT2D eigenvalue weighted by Gasteiger charge is -2.34. The van der Waals surface area contributed by atoms with Gasteiger partial charge in [-0.3, -0.25) is 4.79 Å². The highest BCUT2D eigenvalue weighted by molar-refractivity contribution is 5.85. The van der Waals surface area contributed by atoms with Gasteiger partial charge < -0.3 is 24.8 Å². The van der Waals surface area contributed by atoms with Crippen molar-refractivity contribution in [3.8, 4) is 5.75 Å². The van der Waals surface area contributed by atoms with Crippen LogP contribution in [-0.4, -0.2) is 52.0 Å². The minimum atomic E-state index is -0.700. The molecule has 0 unspecified atom stereocenters. The Morgan fingerprint density at radius 1 is 1.17 bits per heavy atom. The number of halogens is 1. The average molecular weight is 359 g/mol. The fraction of sp³-hybridized carbons (Fsp3) is 0.588. The molecule has 1 aromatic carbocycles. The van der Waals surface area contributed by atoms with Crippen LogP contribution in [0, 0.1) is 0 Å². The van der Waals surface area contributed by atoms with Gasteiger partial charge in [0.05, 0.1) is 6.61 Å². The fourth-order valence-corrected chi connectivity index (χ4v) is 2.64. The molecule has 0 atom stereocenters. The lowest BCUT2D eigenvalue weighted by atomic mass is 9.91. The number of hydrogen-bond acceptors (Lipinski definition) is 5. The molecule has 0 bridgehead atoms. The summed E-state index contributed by atoms with van der Waals surface area (Å²) in [5, 5.41) is 6.23. The van der Waals surface area contributed by atoms with E-state index in [1.54, 1.807) is 14.2 Å². The molecule has 0 aromatic heterocycles. The number of carbonyl (C=O) groups excluding carboxylic acids is 1. The summed E-state index contributed by atoms with van der Waals surface area (Å²) in [6.45, 7) is 3.17. The van der Waals surface area contributed by atoms with E-state index in [-0.39, 0.29) is 18.3 Å². The van der Waals surface area contributed by atoms with Gasteiger partial charge in [0.15, 0.2) is 0 Å². The fourth-order valence-electron chi connectivity index (χ4n) is 2.64. The van der Waals surface area contributed by atoms with Crippen molar-refractivity contribution >= 4 is 18.3 Å². The van der Waals surface area contributed by atoms with Gasteiger partial charge in [0, 0.05) is 20.8 Å². The van der Waals surface area contributed by atoms with E-state index in [4.69, 9.17) is 14.2 Å². The molecular formula is C17H27ClN2O4. The molecule has 1 heterocycles. The summed E-state index contributed by atoms with van der Waals surface area (Å²) < 4.78 is 16.0. The third kappa shape index (κ3) is 5.63. The second kappa shape index (κ2) is 10.5. The van der Waals surface area contributed by atoms with E-state index in [1.165, 1.54) is 0 Å². The molecule has 1 aliphatic heterocycles. The summed E-state index contributed by atoms with van der Waals surface area (Å²) in [5.41, 5.74) is 0.326. The minimum absolute atomic E-state index is 0. The summed E-state index contributed by atoms with van der Waals surface area (Å²) in [5.74, 6) is 0.755. The van der Waals surface area contributed by atoms with Crippen LogP contribution in [0.2, 0.25) is 0 Å². The molecule has 136 valence electrons. The Morgan fingerprint density at radius 2 is 1.83 bits per heavy atom. The monoisotopic (exact) mass is 358 g/mol. The van der Waals surface area contributed by atoms with Crippen molar-refractivity contribution in [3.05, 3.63) is 29.8 Å². The van der Waals surface area contributed by atoms with Gasteiger partial charge >= 0.3 is 0 Å². The second-order valence-corrected chi connectivity index (χ2v) is 5.62. The molecule has 0 radical (unpaired) electrons. The summed E-state index contributed by atoms with van der Waals surface area (Å²) in [6.07, 6.45) is 1.39. The van der Waals surface area contributed by atoms with Crippen molar-refractivity contribution in [3.63, 3.8) is 0 Å². The maximum atomic E-state index is 12.5. The van der Waals surface area contributed by atoms with Gasteiger partial charge in [0.2, 0.25) is 0 Å². The van der Waals surface area contributed by atoms with E-state index in [9.17, 15) is 4.79 Å². The van der Waals surface area contributed by atoms with Crippen LogP contribution < -0.4 is 15.4 Å². The molecule has 2 N–H and O–H groups in total. The number of rotatable bonds is 8. The third-order valence-corrected chi connectivity index (χ3v) is 4.15. The van der Waals surface area contributed by atoms with Crippen LogP contribution in [0.1, 0.15) is 18.4 Å². The largest absolute Gasteiger partial charge is 0.491 e. The average Bonchev–Trinajstić information content (AvgIpc) is 2.61. The number of amides is 1. The predicted molar refractivity (Wildman–Crippen MR) is 94.8 cm³/mol. The maximum Gasteiger partial charge on any atom is 0.252 e. The molecule has 0 spiro atoms. The quantitative estimate of drug-likeness (QED) is 0.689. The highest BCUT2D eigenvalue weighted by Gasteiger charge is 2.39. The lowest BCUT2D eigenvalue weighted by molar-refractivity contribution is -0.146. The van der Waals surface area contributed by atoms with Crippen molar-refractivity contribution in [2.24, 2.45) is 0 Å². The third-order valence-electron chi connectivity index (χ3n) is 4.15. The molecule has 1 aliphatic rings. The first kappa shape index (κ1) is 20.7. The molecule has 2 rings (SSSR count). The summed E-state index contributed by atoms with van der Waals surface area (Å²) >= 11 is 0. The van der Waals surface area contributed by atoms with Crippen molar-refractivity contribution in [2.75, 3.05) is 40.5 Å². The van der Waals surface area contributed by atoms with E-state index in [2.05, 4.69) is 10.6 Å². The standard InChI is InChI=1S/C17H26N2O4.ClH/c1-21-11-12-23-15-5-3-14(4-6-15)13-19-16(20)17(22-2)7-9-18-10-8-17;/h3-6,18H,7-13H2,1-2H3,(H,19,20);1H. The maximum absolute atomic E-state index is 12.5. The first-order chi connectivity index (χ1) is 11.2. The van der Waals surface area contributed by atoms with Crippen molar-refractivity contribution < 1.29 is 19.0 Å². The van der Waals surface area contributed by atoms with Crippen LogP contribution in [0.4, 0.5) is 0 Å². The summed E-state index contributed by atoms with van der Waals surface area (Å²) in [6, 6.07) is 7.69. The molecule has 0 saturated carbocycles. The van der Waals surface area contributed by atoms with Crippen LogP contribution in [0.25, 0.3) is 0 Å². The van der Waals surface area contributed by atoms with Gasteiger partial charge in [-0.05, 0) is 43.6 Å². The zero-order valence-electron chi connectivity index (χ0n) is 14.3. The van der Waals surface area contributed by atoms with Gasteiger partial charge in [0.25, 0.3) is 5.91 Å². The Labute approximate surface area is 149 Å². The van der Waals surface area contributed by atoms with Crippen LogP contribution in [-0.2, 0) is 20.8 Å². The molecule has 24 heavy (non-hydrogen) atoms. The van der Waals surface area contributed by atoms with Crippen molar-refractivity contribution in [1.29, 1.82) is 0 Å². The van der Waals surface area contributed by atoms with Crippen LogP contribution in [0.15, 0.2) is 24.3 Å². The number of benzene rings is 1. The van der Waals surface area contributed by atoms with Gasteiger partial charge in [0.1, 0.15) is 18.0 Å². The molecule has 6 nitrogen and oxygen atoms in total. The van der Waals surface area contributed by atoms with Gasteiger partial charge in [-0.25, -0.2) is 0 Å². The van der Waals surface area contributed by atoms with Crippen LogP contribution in [0.3, 0.4) is 0 Å². The Kier molecular flexibility index (Phi) is 9.07. The van der Waals surface area contributed by atoms with E-state index < -0.39 is 5.60 Å². The van der Waals surface area contributed by atoms with Crippen molar-refractivity contribution in [1.82, 2.24) is 10.6 Å². The van der Waals surface area contributed by atoms with Gasteiger partial charge in [-0.15, -0.1) is 12.4 Å². The first-order valence-electron chi connectivity index (χ1n) is 7.95. The molecule has 1 fully saturated rings. The number of nitrogens with one attached hydrogen (secondary N) is 2. The van der Waals surface area contributed by atoms with E-state index in [0.717, 1.165) is 24.4 Å². The Balaban J connectivity index is 0.00000288. The number of piperidine rings is 1. The molecule has 7 heteroatoms. The van der Waals surface area contributed by atoms with E-state index in [0.29, 0.717) is 32.6 Å². The van der Waals surface area contributed by atoms with E-state index >= 15 is 0 Å². The molecule has 1 aromatic rings. The smallest absolute Gasteiger partial charge is 0.252 e. The number of ether oxygens (including phenoxy) is 3. The highest BCUT2D eigenvalue weighted by Crippen LogP contribution is 2.22. The zero-order chi connectivity index (χ0) is 16.5. The minimum Gasteiger partial charge on any atom is -0.491 e. The summed E-state index contributed by atoms with van der Waals surface area (Å²) in [7, 11) is 3.25. The summed E-state index contributed by atoms with van der Waals surface area (Å²) in [4.78, 5) is 12.5. The first-order valence-corrected chi connectivity index (χ1v) is 7.95. The highest BCUT2D eigenvalue weighted by atomic mass is 35.5. The number of hydrogen-bond donors (Lipinski definition) is 2. The SMILES string of the molecule is COCCOc1ccc(CNC(=O)C2(OC)CCNCC2)cc1.Cl. The van der Waals surface area contributed by atoms with Gasteiger partial charge in [-0.2, -0.15) is 0 Å². The molecule has 1 saturated heterocycles. The number of carbonyl (C=O) groups is 1. The molecule has 0 aliphatic carbocycles. The number of methoxy groups -OCH3 is 2. The van der Waals surface area contributed by atoms with Crippen molar-refractivity contribution in [2.45, 2.75) is 25.0 Å². The molecular weight excluding hydrogens is 332 g/mol. The normalized spacial score (nSPS) is 16.1. The topological polar surface area (TPSA) is 68.8 Å². The van der Waals surface area contributed by atoms with Gasteiger partial charge in [-0.1, -0.05) is 12.1 Å². The van der Waals surface area contributed by atoms with E-state index in [1.807, 2.05) is 24.3 Å². The zero-order valence-corrected chi connectivity index (χ0v) is 15.1. The predicted octanol–water partition coefficient (Wildman–Crippen LogP) is 1.52. The second-order valence-electron chi connectivity index (χ2n) is 5.62. The Bertz CT molecular complexity index is 490. The van der Waals surface area contributed by atoms with Crippen LogP contribution >= 0.6 is 12.4 Å². The Hall–Kier alpha value is -1.34. The van der Waals surface area contributed by atoms with Crippen LogP contribution in [0.5, 0.6) is 5.75 Å².